The molecule has 0 saturated heterocycles. The number of carbonyl (C=O) groups is 1. The van der Waals surface area contributed by atoms with Gasteiger partial charge < -0.3 is 0 Å². The monoisotopic (exact) mass is 234 g/mol. The predicted molar refractivity (Wildman–Crippen MR) is 70.6 cm³/mol. The van der Waals surface area contributed by atoms with Gasteiger partial charge in [0.2, 0.25) is 0 Å². The first-order chi connectivity index (χ1) is 8.27. The minimum atomic E-state index is -0.237. The van der Waals surface area contributed by atoms with Gasteiger partial charge in [-0.05, 0) is 30.5 Å². The van der Waals surface area contributed by atoms with E-state index in [1.807, 2.05) is 24.3 Å². The van der Waals surface area contributed by atoms with Crippen LogP contribution >= 0.6 is 0 Å². The van der Waals surface area contributed by atoms with E-state index in [4.69, 9.17) is 5.84 Å². The molecule has 3 nitrogen and oxygen atoms in total. The highest BCUT2D eigenvalue weighted by Gasteiger charge is 2.02. The smallest absolute Gasteiger partial charge is 0.265 e. The first-order valence-electron chi connectivity index (χ1n) is 6.37. The number of carbonyl (C=O) groups excluding carboxylic acids is 1. The van der Waals surface area contributed by atoms with Gasteiger partial charge in [-0.1, -0.05) is 44.7 Å². The van der Waals surface area contributed by atoms with Gasteiger partial charge in [-0.15, -0.1) is 0 Å². The number of aryl methyl sites for hydroxylation is 1. The van der Waals surface area contributed by atoms with Gasteiger partial charge in [-0.3, -0.25) is 10.2 Å². The lowest BCUT2D eigenvalue weighted by Gasteiger charge is -2.03. The second-order valence-electron chi connectivity index (χ2n) is 4.33. The topological polar surface area (TPSA) is 55.1 Å². The number of benzene rings is 1. The Bertz CT molecular complexity index is 333. The molecule has 1 aromatic carbocycles. The molecule has 17 heavy (non-hydrogen) atoms. The quantitative estimate of drug-likeness (QED) is 0.330. The minimum absolute atomic E-state index is 0.237. The van der Waals surface area contributed by atoms with Crippen molar-refractivity contribution in [1.29, 1.82) is 0 Å². The van der Waals surface area contributed by atoms with Gasteiger partial charge in [0.05, 0.1) is 0 Å². The predicted octanol–water partition coefficient (Wildman–Crippen LogP) is 2.80. The molecule has 94 valence electrons. The van der Waals surface area contributed by atoms with Crippen molar-refractivity contribution >= 4 is 5.91 Å². The molecule has 1 amide bonds. The standard InChI is InChI=1S/C14H22N2O/c1-2-3-4-5-6-7-12-8-10-13(11-9-12)14(17)16-15/h8-11H,2-7,15H2,1H3,(H,16,17). The van der Waals surface area contributed by atoms with Crippen molar-refractivity contribution in [3.8, 4) is 0 Å². The summed E-state index contributed by atoms with van der Waals surface area (Å²) in [6, 6.07) is 7.65. The zero-order valence-corrected chi connectivity index (χ0v) is 10.5. The number of hydrogen-bond acceptors (Lipinski definition) is 2. The van der Waals surface area contributed by atoms with E-state index in [0.717, 1.165) is 6.42 Å². The molecule has 0 fully saturated rings. The Labute approximate surface area is 103 Å². The van der Waals surface area contributed by atoms with Gasteiger partial charge in [0, 0.05) is 5.56 Å². The van der Waals surface area contributed by atoms with Crippen LogP contribution in [0, 0.1) is 0 Å². The number of nitrogens with one attached hydrogen (secondary N) is 1. The average Bonchev–Trinajstić information content (AvgIpc) is 2.38. The fourth-order valence-electron chi connectivity index (χ4n) is 1.84. The van der Waals surface area contributed by atoms with Crippen molar-refractivity contribution in [1.82, 2.24) is 5.43 Å². The van der Waals surface area contributed by atoms with Crippen LogP contribution in [0.15, 0.2) is 24.3 Å². The number of amides is 1. The summed E-state index contributed by atoms with van der Waals surface area (Å²) in [4.78, 5) is 11.2. The van der Waals surface area contributed by atoms with Crippen LogP contribution in [0.1, 0.15) is 54.9 Å². The maximum atomic E-state index is 11.2. The Morgan fingerprint density at radius 3 is 2.35 bits per heavy atom. The van der Waals surface area contributed by atoms with E-state index >= 15 is 0 Å². The molecule has 3 heteroatoms. The summed E-state index contributed by atoms with van der Waals surface area (Å²) in [7, 11) is 0. The van der Waals surface area contributed by atoms with Crippen molar-refractivity contribution in [2.24, 2.45) is 5.84 Å². The maximum Gasteiger partial charge on any atom is 0.265 e. The first-order valence-corrected chi connectivity index (χ1v) is 6.37. The van der Waals surface area contributed by atoms with Crippen molar-refractivity contribution in [2.75, 3.05) is 0 Å². The molecule has 0 atom stereocenters. The zero-order chi connectivity index (χ0) is 12.5. The number of rotatable bonds is 7. The van der Waals surface area contributed by atoms with E-state index in [0.29, 0.717) is 5.56 Å². The third kappa shape index (κ3) is 5.00. The molecule has 0 aliphatic rings. The van der Waals surface area contributed by atoms with Gasteiger partial charge in [-0.25, -0.2) is 5.84 Å². The number of nitrogens with two attached hydrogens (primary N) is 1. The highest BCUT2D eigenvalue weighted by atomic mass is 16.2. The lowest BCUT2D eigenvalue weighted by molar-refractivity contribution is 0.0953. The van der Waals surface area contributed by atoms with E-state index in [9.17, 15) is 4.79 Å². The molecule has 0 bridgehead atoms. The van der Waals surface area contributed by atoms with Crippen molar-refractivity contribution < 1.29 is 4.79 Å². The molecular formula is C14H22N2O. The van der Waals surface area contributed by atoms with E-state index in [2.05, 4.69) is 12.3 Å². The second-order valence-corrected chi connectivity index (χ2v) is 4.33. The molecule has 1 rings (SSSR count). The minimum Gasteiger partial charge on any atom is -0.290 e. The molecule has 0 aliphatic carbocycles. The van der Waals surface area contributed by atoms with Crippen LogP contribution in [0.5, 0.6) is 0 Å². The van der Waals surface area contributed by atoms with Crippen LogP contribution in [0.25, 0.3) is 0 Å². The number of nitrogen functional groups attached to an aromatic ring is 1. The van der Waals surface area contributed by atoms with Crippen molar-refractivity contribution in [3.05, 3.63) is 35.4 Å². The fraction of sp³-hybridized carbons (Fsp3) is 0.500. The molecule has 3 N–H and O–H groups in total. The van der Waals surface area contributed by atoms with E-state index in [-0.39, 0.29) is 5.91 Å². The molecule has 0 saturated carbocycles. The Morgan fingerprint density at radius 1 is 1.12 bits per heavy atom. The van der Waals surface area contributed by atoms with Gasteiger partial charge in [-0.2, -0.15) is 0 Å². The molecule has 0 aliphatic heterocycles. The number of unbranched alkanes of at least 4 members (excludes halogenated alkanes) is 4. The summed E-state index contributed by atoms with van der Waals surface area (Å²) in [5, 5.41) is 0. The normalized spacial score (nSPS) is 10.2. The van der Waals surface area contributed by atoms with Gasteiger partial charge >= 0.3 is 0 Å². The van der Waals surface area contributed by atoms with E-state index in [1.54, 1.807) is 0 Å². The molecule has 0 unspecified atom stereocenters. The van der Waals surface area contributed by atoms with Gasteiger partial charge in [0.15, 0.2) is 0 Å². The average molecular weight is 234 g/mol. The summed E-state index contributed by atoms with van der Waals surface area (Å²) in [5.41, 5.74) is 4.03. The highest BCUT2D eigenvalue weighted by Crippen LogP contribution is 2.10. The third-order valence-corrected chi connectivity index (χ3v) is 2.92. The molecule has 0 aromatic heterocycles. The lowest BCUT2D eigenvalue weighted by Crippen LogP contribution is -2.29. The van der Waals surface area contributed by atoms with Crippen LogP contribution in [0.4, 0.5) is 0 Å². The van der Waals surface area contributed by atoms with Crippen molar-refractivity contribution in [2.45, 2.75) is 45.4 Å². The number of hydrazine groups is 1. The van der Waals surface area contributed by atoms with Gasteiger partial charge in [0.25, 0.3) is 5.91 Å². The lowest BCUT2D eigenvalue weighted by atomic mass is 10.0. The summed E-state index contributed by atoms with van der Waals surface area (Å²) in [6.07, 6.45) is 7.54. The van der Waals surface area contributed by atoms with Crippen LogP contribution in [-0.2, 0) is 6.42 Å². The maximum absolute atomic E-state index is 11.2. The number of hydrogen-bond donors (Lipinski definition) is 2. The Kier molecular flexibility index (Phi) is 6.33. The van der Waals surface area contributed by atoms with Gasteiger partial charge in [0.1, 0.15) is 0 Å². The largest absolute Gasteiger partial charge is 0.290 e. The summed E-state index contributed by atoms with van der Waals surface area (Å²) in [5.74, 6) is 4.83. The van der Waals surface area contributed by atoms with Crippen LogP contribution in [0.3, 0.4) is 0 Å². The van der Waals surface area contributed by atoms with E-state index in [1.165, 1.54) is 37.7 Å². The van der Waals surface area contributed by atoms with E-state index < -0.39 is 0 Å². The zero-order valence-electron chi connectivity index (χ0n) is 10.5. The Balaban J connectivity index is 2.33. The van der Waals surface area contributed by atoms with Crippen molar-refractivity contribution in [3.63, 3.8) is 0 Å². The van der Waals surface area contributed by atoms with Crippen LogP contribution < -0.4 is 11.3 Å². The van der Waals surface area contributed by atoms with Crippen LogP contribution in [0.2, 0.25) is 0 Å². The molecule has 0 spiro atoms. The molecule has 0 radical (unpaired) electrons. The Morgan fingerprint density at radius 2 is 1.76 bits per heavy atom. The molecule has 0 heterocycles. The SMILES string of the molecule is CCCCCCCc1ccc(C(=O)NN)cc1. The first kappa shape index (κ1) is 13.7. The molecular weight excluding hydrogens is 212 g/mol. The summed E-state index contributed by atoms with van der Waals surface area (Å²) in [6.45, 7) is 2.22. The Hall–Kier alpha value is -1.35. The highest BCUT2D eigenvalue weighted by molar-refractivity contribution is 5.93. The molecule has 1 aromatic rings. The van der Waals surface area contributed by atoms with Crippen LogP contribution in [-0.4, -0.2) is 5.91 Å². The third-order valence-electron chi connectivity index (χ3n) is 2.92. The summed E-state index contributed by atoms with van der Waals surface area (Å²) < 4.78 is 0. The second kappa shape index (κ2) is 7.85. The summed E-state index contributed by atoms with van der Waals surface area (Å²) >= 11 is 0. The fourth-order valence-corrected chi connectivity index (χ4v) is 1.84.